The fraction of sp³-hybridized carbons (Fsp3) is 0.176. The number of carbonyl (C=O) groups is 1. The van der Waals surface area contributed by atoms with Gasteiger partial charge in [0.1, 0.15) is 11.4 Å². The van der Waals surface area contributed by atoms with E-state index in [9.17, 15) is 4.79 Å². The first-order valence-electron chi connectivity index (χ1n) is 7.32. The van der Waals surface area contributed by atoms with E-state index < -0.39 is 0 Å². The number of fused-ring (bicyclic) bond motifs is 1. The van der Waals surface area contributed by atoms with Crippen molar-refractivity contribution in [2.24, 2.45) is 5.16 Å². The number of benzene rings is 2. The van der Waals surface area contributed by atoms with E-state index in [0.29, 0.717) is 40.8 Å². The van der Waals surface area contributed by atoms with Crippen LogP contribution < -0.4 is 9.64 Å². The molecule has 6 heteroatoms. The van der Waals surface area contributed by atoms with Gasteiger partial charge in [-0.05, 0) is 18.2 Å². The number of halogens is 1. The van der Waals surface area contributed by atoms with Gasteiger partial charge in [-0.15, -0.1) is 0 Å². The minimum atomic E-state index is -0.216. The lowest BCUT2D eigenvalue weighted by Crippen LogP contribution is -3.09. The minimum absolute atomic E-state index is 0.114. The van der Waals surface area contributed by atoms with Gasteiger partial charge in [0.15, 0.2) is 0 Å². The Bertz CT molecular complexity index is 761. The number of nitrogens with one attached hydrogen (secondary N) is 1. The first-order valence-corrected chi connectivity index (χ1v) is 7.70. The van der Waals surface area contributed by atoms with Crippen LogP contribution in [0.4, 0.5) is 5.69 Å². The second-order valence-electron chi connectivity index (χ2n) is 5.18. The third kappa shape index (κ3) is 3.06. The predicted molar refractivity (Wildman–Crippen MR) is 86.8 cm³/mol. The molecule has 0 aromatic heterocycles. The molecule has 118 valence electrons. The highest BCUT2D eigenvalue weighted by Gasteiger charge is 2.39. The van der Waals surface area contributed by atoms with Gasteiger partial charge in [0.05, 0.1) is 23.7 Å². The molecule has 23 heavy (non-hydrogen) atoms. The monoisotopic (exact) mass is 331 g/mol. The molecule has 1 atom stereocenters. The molecule has 0 saturated carbocycles. The third-order valence-corrected chi connectivity index (χ3v) is 4.07. The molecule has 2 aromatic carbocycles. The van der Waals surface area contributed by atoms with Crippen molar-refractivity contribution in [3.8, 4) is 5.75 Å². The quantitative estimate of drug-likeness (QED) is 0.501. The highest BCUT2D eigenvalue weighted by Crippen LogP contribution is 2.23. The van der Waals surface area contributed by atoms with Crippen LogP contribution in [0.1, 0.15) is 12.0 Å². The molecule has 0 fully saturated rings. The number of nitrogens with zero attached hydrogens (tertiary/aromatic N) is 1. The number of hydrogen-bond donors (Lipinski definition) is 2. The molecular formula is C17H16ClN2O3+. The smallest absolute Gasteiger partial charge is 0.372 e. The van der Waals surface area contributed by atoms with Crippen LogP contribution in [-0.4, -0.2) is 30.0 Å². The number of amides is 1. The Labute approximate surface area is 138 Å². The second kappa shape index (κ2) is 6.81. The number of hydrogen-bond acceptors (Lipinski definition) is 4. The van der Waals surface area contributed by atoms with Crippen molar-refractivity contribution in [2.45, 2.75) is 6.42 Å². The van der Waals surface area contributed by atoms with E-state index in [1.165, 1.54) is 0 Å². The van der Waals surface area contributed by atoms with Gasteiger partial charge in [-0.2, -0.15) is 0 Å². The van der Waals surface area contributed by atoms with Crippen molar-refractivity contribution in [1.82, 2.24) is 0 Å². The molecule has 1 unspecified atom stereocenters. The molecule has 0 aliphatic carbocycles. The van der Waals surface area contributed by atoms with E-state index in [4.69, 9.17) is 21.5 Å². The van der Waals surface area contributed by atoms with Crippen LogP contribution in [0, 0.1) is 0 Å². The molecular weight excluding hydrogens is 316 g/mol. The van der Waals surface area contributed by atoms with E-state index in [0.717, 1.165) is 5.69 Å². The molecule has 1 amide bonds. The van der Waals surface area contributed by atoms with Gasteiger partial charge in [-0.1, -0.05) is 41.0 Å². The Morgan fingerprint density at radius 2 is 1.87 bits per heavy atom. The van der Waals surface area contributed by atoms with Gasteiger partial charge in [-0.3, -0.25) is 0 Å². The molecule has 0 saturated heterocycles. The highest BCUT2D eigenvalue weighted by atomic mass is 35.5. The SMILES string of the molecule is O=C1C(=NO)c2ccccc2[NH+]1CCCOc1ccccc1Cl. The normalized spacial score (nSPS) is 18.2. The Balaban J connectivity index is 1.63. The average molecular weight is 332 g/mol. The van der Waals surface area contributed by atoms with Gasteiger partial charge in [0.2, 0.25) is 5.71 Å². The number of carbonyl (C=O) groups excluding carboxylic acids is 1. The zero-order valence-corrected chi connectivity index (χ0v) is 13.1. The largest absolute Gasteiger partial charge is 0.492 e. The summed E-state index contributed by atoms with van der Waals surface area (Å²) in [6, 6.07) is 14.6. The van der Waals surface area contributed by atoms with Gasteiger partial charge in [0, 0.05) is 12.5 Å². The zero-order valence-electron chi connectivity index (χ0n) is 12.3. The molecule has 5 nitrogen and oxygen atoms in total. The van der Waals surface area contributed by atoms with Gasteiger partial charge < -0.3 is 9.94 Å². The first kappa shape index (κ1) is 15.5. The third-order valence-electron chi connectivity index (χ3n) is 3.76. The van der Waals surface area contributed by atoms with E-state index >= 15 is 0 Å². The van der Waals surface area contributed by atoms with Crippen molar-refractivity contribution in [1.29, 1.82) is 0 Å². The highest BCUT2D eigenvalue weighted by molar-refractivity contribution is 6.45. The molecule has 0 bridgehead atoms. The van der Waals surface area contributed by atoms with Gasteiger partial charge in [-0.25, -0.2) is 9.69 Å². The number of rotatable bonds is 5. The number of para-hydroxylation sites is 2. The maximum atomic E-state index is 12.3. The predicted octanol–water partition coefficient (Wildman–Crippen LogP) is 2.04. The lowest BCUT2D eigenvalue weighted by atomic mass is 10.1. The molecule has 2 N–H and O–H groups in total. The summed E-state index contributed by atoms with van der Waals surface area (Å²) in [7, 11) is 0. The fourth-order valence-corrected chi connectivity index (χ4v) is 2.87. The molecule has 1 aliphatic rings. The molecule has 0 radical (unpaired) electrons. The maximum Gasteiger partial charge on any atom is 0.372 e. The summed E-state index contributed by atoms with van der Waals surface area (Å²) in [6.45, 7) is 1.01. The van der Waals surface area contributed by atoms with Gasteiger partial charge >= 0.3 is 5.91 Å². The maximum absolute atomic E-state index is 12.3. The van der Waals surface area contributed by atoms with Crippen LogP contribution in [-0.2, 0) is 4.79 Å². The summed E-state index contributed by atoms with van der Waals surface area (Å²) >= 11 is 6.03. The van der Waals surface area contributed by atoms with Crippen LogP contribution in [0.5, 0.6) is 5.75 Å². The summed E-state index contributed by atoms with van der Waals surface area (Å²) in [5, 5.41) is 12.8. The Kier molecular flexibility index (Phi) is 4.60. The van der Waals surface area contributed by atoms with E-state index in [2.05, 4.69) is 5.16 Å². The minimum Gasteiger partial charge on any atom is -0.492 e. The summed E-state index contributed by atoms with van der Waals surface area (Å²) in [5.41, 5.74) is 1.63. The Hall–Kier alpha value is -2.37. The van der Waals surface area contributed by atoms with Crippen LogP contribution in [0.15, 0.2) is 53.7 Å². The molecule has 2 aromatic rings. The first-order chi connectivity index (χ1) is 11.2. The second-order valence-corrected chi connectivity index (χ2v) is 5.59. The molecule has 0 spiro atoms. The van der Waals surface area contributed by atoms with Crippen molar-refractivity contribution < 1.29 is 19.6 Å². The average Bonchev–Trinajstić information content (AvgIpc) is 2.84. The topological polar surface area (TPSA) is 63.3 Å². The molecule has 1 aliphatic heterocycles. The zero-order chi connectivity index (χ0) is 16.2. The van der Waals surface area contributed by atoms with Crippen molar-refractivity contribution in [3.63, 3.8) is 0 Å². The van der Waals surface area contributed by atoms with Crippen molar-refractivity contribution in [3.05, 3.63) is 59.1 Å². The Morgan fingerprint density at radius 1 is 1.13 bits per heavy atom. The molecule has 3 rings (SSSR count). The van der Waals surface area contributed by atoms with Crippen LogP contribution in [0.3, 0.4) is 0 Å². The summed E-state index contributed by atoms with van der Waals surface area (Å²) in [5.74, 6) is 0.418. The van der Waals surface area contributed by atoms with E-state index in [1.807, 2.05) is 36.4 Å². The van der Waals surface area contributed by atoms with Crippen LogP contribution in [0.2, 0.25) is 5.02 Å². The summed E-state index contributed by atoms with van der Waals surface area (Å²) < 4.78 is 5.64. The van der Waals surface area contributed by atoms with Crippen molar-refractivity contribution >= 4 is 28.9 Å². The van der Waals surface area contributed by atoms with Crippen LogP contribution >= 0.6 is 11.6 Å². The van der Waals surface area contributed by atoms with Crippen LogP contribution in [0.25, 0.3) is 0 Å². The number of oxime groups is 1. The Morgan fingerprint density at radius 3 is 2.65 bits per heavy atom. The summed E-state index contributed by atoms with van der Waals surface area (Å²) in [4.78, 5) is 13.0. The number of quaternary nitrogens is 1. The standard InChI is InChI=1S/C17H15ClN2O3/c18-13-7-2-4-9-15(13)23-11-5-10-20-14-8-3-1-6-12(14)16(19-22)17(20)21/h1-4,6-9,22H,5,10-11H2/p+1. The van der Waals surface area contributed by atoms with Gasteiger partial charge in [0.25, 0.3) is 0 Å². The summed E-state index contributed by atoms with van der Waals surface area (Å²) in [6.07, 6.45) is 0.666. The van der Waals surface area contributed by atoms with E-state index in [-0.39, 0.29) is 11.6 Å². The number of ether oxygens (including phenoxy) is 1. The lowest BCUT2D eigenvalue weighted by Gasteiger charge is -2.11. The fourth-order valence-electron chi connectivity index (χ4n) is 2.68. The van der Waals surface area contributed by atoms with Crippen molar-refractivity contribution in [2.75, 3.05) is 13.2 Å². The molecule has 1 heterocycles. The van der Waals surface area contributed by atoms with E-state index in [1.54, 1.807) is 12.1 Å². The lowest BCUT2D eigenvalue weighted by molar-refractivity contribution is -0.742.